The van der Waals surface area contributed by atoms with E-state index in [9.17, 15) is 4.79 Å². The minimum absolute atomic E-state index is 0.158. The van der Waals surface area contributed by atoms with E-state index in [0.29, 0.717) is 18.9 Å². The Bertz CT molecular complexity index is 669. The van der Waals surface area contributed by atoms with Crippen LogP contribution in [0.15, 0.2) is 30.3 Å². The molecular weight excluding hydrogens is 276 g/mol. The van der Waals surface area contributed by atoms with Gasteiger partial charge in [-0.15, -0.1) is 0 Å². The quantitative estimate of drug-likeness (QED) is 0.943. The Balaban J connectivity index is 1.76. The molecule has 1 unspecified atom stereocenters. The molecular formula is C18H22N2O2. The molecule has 1 amide bonds. The molecule has 2 heterocycles. The summed E-state index contributed by atoms with van der Waals surface area (Å²) in [6.45, 7) is 3.51. The van der Waals surface area contributed by atoms with Gasteiger partial charge in [-0.05, 0) is 37.3 Å². The molecule has 0 radical (unpaired) electrons. The number of pyridine rings is 1. The lowest BCUT2D eigenvalue weighted by Gasteiger charge is -2.16. The van der Waals surface area contributed by atoms with Gasteiger partial charge in [0, 0.05) is 30.1 Å². The predicted octanol–water partition coefficient (Wildman–Crippen LogP) is 3.09. The number of hydrogen-bond acceptors (Lipinski definition) is 3. The molecule has 0 spiro atoms. The first-order chi connectivity index (χ1) is 10.8. The largest absolute Gasteiger partial charge is 0.493 e. The Morgan fingerprint density at radius 3 is 3.05 bits per heavy atom. The highest BCUT2D eigenvalue weighted by atomic mass is 16.5. The Morgan fingerprint density at radius 1 is 1.32 bits per heavy atom. The Hall–Kier alpha value is -2.10. The van der Waals surface area contributed by atoms with Gasteiger partial charge in [0.1, 0.15) is 5.75 Å². The number of para-hydroxylation sites is 1. The third-order valence-corrected chi connectivity index (χ3v) is 4.22. The summed E-state index contributed by atoms with van der Waals surface area (Å²) in [4.78, 5) is 16.0. The highest BCUT2D eigenvalue weighted by Crippen LogP contribution is 2.27. The zero-order valence-corrected chi connectivity index (χ0v) is 13.0. The summed E-state index contributed by atoms with van der Waals surface area (Å²) < 4.78 is 6.11. The van der Waals surface area contributed by atoms with Crippen LogP contribution in [0.5, 0.6) is 5.75 Å². The fourth-order valence-corrected chi connectivity index (χ4v) is 2.85. The Morgan fingerprint density at radius 2 is 2.18 bits per heavy atom. The summed E-state index contributed by atoms with van der Waals surface area (Å²) in [5.74, 6) is 1.49. The summed E-state index contributed by atoms with van der Waals surface area (Å²) in [7, 11) is 0. The molecule has 1 fully saturated rings. The second-order valence-electron chi connectivity index (χ2n) is 5.84. The first-order valence-electron chi connectivity index (χ1n) is 8.04. The van der Waals surface area contributed by atoms with E-state index in [1.165, 1.54) is 0 Å². The van der Waals surface area contributed by atoms with Gasteiger partial charge in [0.2, 0.25) is 5.91 Å². The van der Waals surface area contributed by atoms with Crippen LogP contribution >= 0.6 is 0 Å². The minimum atomic E-state index is 0.158. The second kappa shape index (κ2) is 6.77. The van der Waals surface area contributed by atoms with E-state index in [1.807, 2.05) is 24.3 Å². The van der Waals surface area contributed by atoms with E-state index >= 15 is 0 Å². The number of benzene rings is 1. The number of fused-ring (bicyclic) bond motifs is 1. The first kappa shape index (κ1) is 14.8. The molecule has 4 nitrogen and oxygen atoms in total. The first-order valence-corrected chi connectivity index (χ1v) is 8.04. The van der Waals surface area contributed by atoms with Crippen molar-refractivity contribution in [2.24, 2.45) is 5.92 Å². The third kappa shape index (κ3) is 3.38. The summed E-state index contributed by atoms with van der Waals surface area (Å²) in [6, 6.07) is 10.1. The highest BCUT2D eigenvalue weighted by molar-refractivity contribution is 5.85. The van der Waals surface area contributed by atoms with E-state index in [2.05, 4.69) is 23.3 Å². The maximum absolute atomic E-state index is 11.4. The van der Waals surface area contributed by atoms with Gasteiger partial charge in [-0.3, -0.25) is 9.78 Å². The molecule has 4 heteroatoms. The van der Waals surface area contributed by atoms with Gasteiger partial charge >= 0.3 is 0 Å². The maximum Gasteiger partial charge on any atom is 0.220 e. The van der Waals surface area contributed by atoms with Crippen molar-refractivity contribution < 1.29 is 9.53 Å². The van der Waals surface area contributed by atoms with E-state index in [1.54, 1.807) is 0 Å². The van der Waals surface area contributed by atoms with Crippen molar-refractivity contribution >= 4 is 16.8 Å². The molecule has 1 aliphatic heterocycles. The average molecular weight is 298 g/mol. The monoisotopic (exact) mass is 298 g/mol. The lowest BCUT2D eigenvalue weighted by molar-refractivity contribution is -0.120. The van der Waals surface area contributed by atoms with Gasteiger partial charge in [0.05, 0.1) is 12.1 Å². The number of carbonyl (C=O) groups excluding carboxylic acids is 1. The number of amides is 1. The fourth-order valence-electron chi connectivity index (χ4n) is 2.85. The van der Waals surface area contributed by atoms with Crippen LogP contribution in [0.3, 0.4) is 0 Å². The lowest BCUT2D eigenvalue weighted by Crippen LogP contribution is -2.21. The van der Waals surface area contributed by atoms with Crippen molar-refractivity contribution in [1.29, 1.82) is 0 Å². The van der Waals surface area contributed by atoms with Crippen LogP contribution < -0.4 is 10.1 Å². The second-order valence-corrected chi connectivity index (χ2v) is 5.84. The van der Waals surface area contributed by atoms with Crippen molar-refractivity contribution in [3.8, 4) is 5.75 Å². The van der Waals surface area contributed by atoms with Gasteiger partial charge in [-0.1, -0.05) is 19.1 Å². The van der Waals surface area contributed by atoms with Crippen LogP contribution in [0.4, 0.5) is 0 Å². The summed E-state index contributed by atoms with van der Waals surface area (Å²) in [5, 5.41) is 3.97. The van der Waals surface area contributed by atoms with Crippen molar-refractivity contribution in [3.05, 3.63) is 36.0 Å². The van der Waals surface area contributed by atoms with Gasteiger partial charge in [-0.25, -0.2) is 0 Å². The molecule has 116 valence electrons. The lowest BCUT2D eigenvalue weighted by atomic mass is 10.0. The molecule has 1 aliphatic rings. The summed E-state index contributed by atoms with van der Waals surface area (Å²) >= 11 is 0. The fraction of sp³-hybridized carbons (Fsp3) is 0.444. The highest BCUT2D eigenvalue weighted by Gasteiger charge is 2.17. The Kier molecular flexibility index (Phi) is 4.56. The molecule has 22 heavy (non-hydrogen) atoms. The molecule has 1 saturated heterocycles. The van der Waals surface area contributed by atoms with Crippen LogP contribution in [0, 0.1) is 5.92 Å². The number of ether oxygens (including phenoxy) is 1. The molecule has 0 aliphatic carbocycles. The van der Waals surface area contributed by atoms with Gasteiger partial charge in [0.25, 0.3) is 0 Å². The van der Waals surface area contributed by atoms with Gasteiger partial charge < -0.3 is 10.1 Å². The molecule has 1 aromatic carbocycles. The molecule has 0 bridgehead atoms. The van der Waals surface area contributed by atoms with Crippen LogP contribution in [0.25, 0.3) is 10.9 Å². The van der Waals surface area contributed by atoms with E-state index in [-0.39, 0.29) is 5.91 Å². The van der Waals surface area contributed by atoms with E-state index in [0.717, 1.165) is 48.2 Å². The molecule has 0 saturated carbocycles. The number of aryl methyl sites for hydroxylation is 1. The van der Waals surface area contributed by atoms with Crippen molar-refractivity contribution in [3.63, 3.8) is 0 Å². The normalized spacial score (nSPS) is 18.8. The number of rotatable bonds is 4. The van der Waals surface area contributed by atoms with Crippen LogP contribution in [0.1, 0.15) is 31.9 Å². The number of aromatic nitrogens is 1. The summed E-state index contributed by atoms with van der Waals surface area (Å²) in [6.07, 6.45) is 3.37. The smallest absolute Gasteiger partial charge is 0.220 e. The minimum Gasteiger partial charge on any atom is -0.493 e. The van der Waals surface area contributed by atoms with Crippen molar-refractivity contribution in [1.82, 2.24) is 10.3 Å². The number of hydrogen-bond donors (Lipinski definition) is 1. The standard InChI is InChI=1S/C18H22N2O2/c1-2-14-11-17(15-5-3-4-6-16(15)20-14)22-12-13-7-8-18(21)19-10-9-13/h3-6,11,13H,2,7-10,12H2,1H3,(H,19,21). The van der Waals surface area contributed by atoms with Crippen LogP contribution in [0.2, 0.25) is 0 Å². The summed E-state index contributed by atoms with van der Waals surface area (Å²) in [5.41, 5.74) is 2.03. The number of nitrogens with one attached hydrogen (secondary N) is 1. The maximum atomic E-state index is 11.4. The van der Waals surface area contributed by atoms with E-state index < -0.39 is 0 Å². The molecule has 1 N–H and O–H groups in total. The SMILES string of the molecule is CCc1cc(OCC2CCNC(=O)CC2)c2ccccc2n1. The van der Waals surface area contributed by atoms with Crippen LogP contribution in [-0.2, 0) is 11.2 Å². The van der Waals surface area contributed by atoms with E-state index in [4.69, 9.17) is 4.74 Å². The molecule has 1 aromatic heterocycles. The van der Waals surface area contributed by atoms with Crippen molar-refractivity contribution in [2.75, 3.05) is 13.2 Å². The third-order valence-electron chi connectivity index (χ3n) is 4.22. The molecule has 2 aromatic rings. The van der Waals surface area contributed by atoms with Crippen molar-refractivity contribution in [2.45, 2.75) is 32.6 Å². The van der Waals surface area contributed by atoms with Gasteiger partial charge in [0.15, 0.2) is 0 Å². The molecule has 3 rings (SSSR count). The topological polar surface area (TPSA) is 51.2 Å². The number of nitrogens with zero attached hydrogens (tertiary/aromatic N) is 1. The predicted molar refractivity (Wildman–Crippen MR) is 87.0 cm³/mol. The molecule has 1 atom stereocenters. The number of carbonyl (C=O) groups is 1. The Labute approximate surface area is 130 Å². The van der Waals surface area contributed by atoms with Crippen LogP contribution in [-0.4, -0.2) is 24.0 Å². The zero-order chi connectivity index (χ0) is 15.4. The zero-order valence-electron chi connectivity index (χ0n) is 13.0. The van der Waals surface area contributed by atoms with Gasteiger partial charge in [-0.2, -0.15) is 0 Å². The average Bonchev–Trinajstić information content (AvgIpc) is 2.76.